The molecular formula is C23H31N5O4. The van der Waals surface area contributed by atoms with E-state index in [9.17, 15) is 14.4 Å². The molecule has 4 heterocycles. The Kier molecular flexibility index (Phi) is 6.83. The van der Waals surface area contributed by atoms with Gasteiger partial charge in [0, 0.05) is 37.9 Å². The predicted molar refractivity (Wildman–Crippen MR) is 117 cm³/mol. The second kappa shape index (κ2) is 9.77. The number of nitrogens with one attached hydrogen (secondary N) is 2. The van der Waals surface area contributed by atoms with E-state index in [0.29, 0.717) is 56.8 Å². The molecule has 9 heteroatoms. The number of carbonyl (C=O) groups excluding carboxylic acids is 3. The Morgan fingerprint density at radius 2 is 2.06 bits per heavy atom. The van der Waals surface area contributed by atoms with Gasteiger partial charge in [-0.2, -0.15) is 0 Å². The van der Waals surface area contributed by atoms with E-state index < -0.39 is 5.41 Å². The number of hydrogen-bond acceptors (Lipinski definition) is 6. The fraction of sp³-hybridized carbons (Fsp3) is 0.609. The maximum Gasteiger partial charge on any atom is 0.257 e. The maximum atomic E-state index is 13.2. The van der Waals surface area contributed by atoms with Crippen LogP contribution in [0.15, 0.2) is 24.7 Å². The number of allylic oxidation sites excluding steroid dienone is 2. The maximum absolute atomic E-state index is 13.2. The zero-order valence-corrected chi connectivity index (χ0v) is 18.5. The van der Waals surface area contributed by atoms with Crippen molar-refractivity contribution in [2.45, 2.75) is 45.1 Å². The van der Waals surface area contributed by atoms with Crippen LogP contribution >= 0.6 is 0 Å². The number of rotatable bonds is 1. The van der Waals surface area contributed by atoms with Gasteiger partial charge in [-0.1, -0.05) is 12.2 Å². The summed E-state index contributed by atoms with van der Waals surface area (Å²) in [5.74, 6) is -0.148. The van der Waals surface area contributed by atoms with Gasteiger partial charge in [0.2, 0.25) is 11.8 Å². The Morgan fingerprint density at radius 3 is 2.84 bits per heavy atom. The highest BCUT2D eigenvalue weighted by atomic mass is 16.5. The molecule has 32 heavy (non-hydrogen) atoms. The molecule has 3 aliphatic rings. The molecule has 0 unspecified atom stereocenters. The van der Waals surface area contributed by atoms with Crippen molar-refractivity contribution < 1.29 is 19.1 Å². The van der Waals surface area contributed by atoms with Crippen LogP contribution in [0.4, 0.5) is 0 Å². The second-order valence-electron chi connectivity index (χ2n) is 8.99. The lowest BCUT2D eigenvalue weighted by Crippen LogP contribution is -2.53. The van der Waals surface area contributed by atoms with Gasteiger partial charge in [0.15, 0.2) is 0 Å². The Morgan fingerprint density at radius 1 is 1.25 bits per heavy atom. The number of ether oxygens (including phenoxy) is 1. The zero-order valence-electron chi connectivity index (χ0n) is 18.5. The second-order valence-corrected chi connectivity index (χ2v) is 8.99. The average molecular weight is 442 g/mol. The Hall–Kier alpha value is -2.81. The van der Waals surface area contributed by atoms with Gasteiger partial charge in [0.05, 0.1) is 29.8 Å². The van der Waals surface area contributed by atoms with Crippen molar-refractivity contribution in [1.82, 2.24) is 25.5 Å². The molecule has 2 fully saturated rings. The van der Waals surface area contributed by atoms with Crippen molar-refractivity contribution in [3.05, 3.63) is 35.9 Å². The average Bonchev–Trinajstić information content (AvgIpc) is 2.81. The molecule has 0 bridgehead atoms. The highest BCUT2D eigenvalue weighted by Crippen LogP contribution is 2.37. The first kappa shape index (κ1) is 22.4. The molecule has 172 valence electrons. The largest absolute Gasteiger partial charge is 0.381 e. The molecule has 3 aliphatic heterocycles. The van der Waals surface area contributed by atoms with Gasteiger partial charge in [-0.25, -0.2) is 9.97 Å². The molecule has 1 aromatic heterocycles. The summed E-state index contributed by atoms with van der Waals surface area (Å²) in [4.78, 5) is 48.4. The van der Waals surface area contributed by atoms with Crippen molar-refractivity contribution in [3.8, 4) is 0 Å². The topological polar surface area (TPSA) is 114 Å². The van der Waals surface area contributed by atoms with Gasteiger partial charge >= 0.3 is 0 Å². The summed E-state index contributed by atoms with van der Waals surface area (Å²) in [5.41, 5.74) is 0.512. The third-order valence-electron chi connectivity index (χ3n) is 6.98. The van der Waals surface area contributed by atoms with Crippen LogP contribution in [0.25, 0.3) is 0 Å². The lowest BCUT2D eigenvalue weighted by molar-refractivity contribution is -0.135. The van der Waals surface area contributed by atoms with Crippen molar-refractivity contribution in [1.29, 1.82) is 0 Å². The molecule has 3 amide bonds. The molecule has 1 aromatic rings. The SMILES string of the molecule is Cc1ncncc1C(=O)N1CCC2(C/C=C/C[C@H]3COCC[C@H]3NC(=O)CNC2=O)CC1. The van der Waals surface area contributed by atoms with E-state index in [1.54, 1.807) is 18.0 Å². The van der Waals surface area contributed by atoms with E-state index in [-0.39, 0.29) is 36.2 Å². The van der Waals surface area contributed by atoms with Gasteiger partial charge in [-0.3, -0.25) is 14.4 Å². The molecule has 0 radical (unpaired) electrons. The minimum absolute atomic E-state index is 0.0302. The molecule has 2 saturated heterocycles. The number of hydrogen-bond donors (Lipinski definition) is 2. The number of likely N-dealkylation sites (tertiary alicyclic amines) is 1. The summed E-state index contributed by atoms with van der Waals surface area (Å²) in [6.07, 6.45) is 10.4. The summed E-state index contributed by atoms with van der Waals surface area (Å²) < 4.78 is 5.60. The first-order valence-corrected chi connectivity index (χ1v) is 11.3. The van der Waals surface area contributed by atoms with Gasteiger partial charge in [0.25, 0.3) is 5.91 Å². The number of fused-ring (bicyclic) bond motifs is 1. The van der Waals surface area contributed by atoms with Crippen LogP contribution in [-0.2, 0) is 14.3 Å². The van der Waals surface area contributed by atoms with E-state index in [0.717, 1.165) is 12.8 Å². The molecule has 0 aliphatic carbocycles. The summed E-state index contributed by atoms with van der Waals surface area (Å²) >= 11 is 0. The molecular weight excluding hydrogens is 410 g/mol. The normalized spacial score (nSPS) is 27.3. The number of aromatic nitrogens is 2. The van der Waals surface area contributed by atoms with Gasteiger partial charge in [-0.15, -0.1) is 0 Å². The van der Waals surface area contributed by atoms with Crippen LogP contribution in [0.1, 0.15) is 48.2 Å². The van der Waals surface area contributed by atoms with E-state index >= 15 is 0 Å². The summed E-state index contributed by atoms with van der Waals surface area (Å²) in [5, 5.41) is 5.91. The fourth-order valence-electron chi connectivity index (χ4n) is 4.84. The predicted octanol–water partition coefficient (Wildman–Crippen LogP) is 0.995. The third kappa shape index (κ3) is 4.82. The van der Waals surface area contributed by atoms with Crippen molar-refractivity contribution in [2.75, 3.05) is 32.8 Å². The molecule has 0 saturated carbocycles. The van der Waals surface area contributed by atoms with E-state index in [2.05, 4.69) is 32.8 Å². The molecule has 0 aromatic carbocycles. The standard InChI is InChI=1S/C23H31N5O4/c1-16-18(12-24-15-26-16)21(30)28-9-7-23(8-10-28)6-3-2-4-17-14-32-11-5-19(17)27-20(29)13-25-22(23)31/h2-3,12,15,17,19H,4-11,13-14H2,1H3,(H,25,31)(H,27,29)/b3-2+/t17-,19+/m0/s1. The van der Waals surface area contributed by atoms with Crippen LogP contribution < -0.4 is 10.6 Å². The highest BCUT2D eigenvalue weighted by Gasteiger charge is 2.42. The van der Waals surface area contributed by atoms with Gasteiger partial charge in [-0.05, 0) is 39.0 Å². The minimum atomic E-state index is -0.628. The van der Waals surface area contributed by atoms with Crippen LogP contribution in [0.2, 0.25) is 0 Å². The minimum Gasteiger partial charge on any atom is -0.381 e. The van der Waals surface area contributed by atoms with E-state index in [1.165, 1.54) is 6.33 Å². The molecule has 4 rings (SSSR count). The number of nitrogens with zero attached hydrogens (tertiary/aromatic N) is 3. The van der Waals surface area contributed by atoms with Gasteiger partial charge in [0.1, 0.15) is 6.33 Å². The Labute approximate surface area is 188 Å². The molecule has 1 spiro atoms. The van der Waals surface area contributed by atoms with Crippen LogP contribution in [0, 0.1) is 18.3 Å². The van der Waals surface area contributed by atoms with E-state index in [1.807, 2.05) is 0 Å². The van der Waals surface area contributed by atoms with E-state index in [4.69, 9.17) is 4.74 Å². The Balaban J connectivity index is 1.46. The Bertz CT molecular complexity index is 894. The lowest BCUT2D eigenvalue weighted by atomic mass is 9.74. The highest BCUT2D eigenvalue weighted by molar-refractivity contribution is 5.95. The quantitative estimate of drug-likeness (QED) is 0.629. The number of piperidine rings is 1. The van der Waals surface area contributed by atoms with Crippen LogP contribution in [0.5, 0.6) is 0 Å². The molecule has 9 nitrogen and oxygen atoms in total. The van der Waals surface area contributed by atoms with Crippen LogP contribution in [0.3, 0.4) is 0 Å². The van der Waals surface area contributed by atoms with Crippen LogP contribution in [-0.4, -0.2) is 71.5 Å². The lowest BCUT2D eigenvalue weighted by Gasteiger charge is -2.40. The summed E-state index contributed by atoms with van der Waals surface area (Å²) in [7, 11) is 0. The number of aryl methyl sites for hydroxylation is 1. The first-order valence-electron chi connectivity index (χ1n) is 11.3. The fourth-order valence-corrected chi connectivity index (χ4v) is 4.84. The van der Waals surface area contributed by atoms with Crippen molar-refractivity contribution in [2.24, 2.45) is 11.3 Å². The van der Waals surface area contributed by atoms with Crippen molar-refractivity contribution >= 4 is 17.7 Å². The molecule has 2 N–H and O–H groups in total. The first-order chi connectivity index (χ1) is 15.5. The summed E-state index contributed by atoms with van der Waals surface area (Å²) in [6, 6.07) is 0.0749. The third-order valence-corrected chi connectivity index (χ3v) is 6.98. The molecule has 2 atom stereocenters. The summed E-state index contributed by atoms with van der Waals surface area (Å²) in [6.45, 7) is 3.98. The van der Waals surface area contributed by atoms with Gasteiger partial charge < -0.3 is 20.3 Å². The zero-order chi connectivity index (χ0) is 22.6. The van der Waals surface area contributed by atoms with Crippen molar-refractivity contribution in [3.63, 3.8) is 0 Å². The monoisotopic (exact) mass is 441 g/mol. The number of amides is 3. The smallest absolute Gasteiger partial charge is 0.257 e. The number of carbonyl (C=O) groups is 3.